The second-order valence-electron chi connectivity index (χ2n) is 5.76. The Bertz CT molecular complexity index is 332. The molecule has 0 aromatic carbocycles. The van der Waals surface area contributed by atoms with Crippen LogP contribution in [0.15, 0.2) is 0 Å². The van der Waals surface area contributed by atoms with Crippen LogP contribution in [0.4, 0.5) is 0 Å². The molecule has 1 atom stereocenters. The summed E-state index contributed by atoms with van der Waals surface area (Å²) in [6, 6.07) is -0.323. The second kappa shape index (κ2) is 9.73. The molecule has 0 spiro atoms. The largest absolute Gasteiger partial charge is 0.469 e. The molecule has 0 rings (SSSR count). The van der Waals surface area contributed by atoms with Crippen molar-refractivity contribution in [2.24, 2.45) is 0 Å². The van der Waals surface area contributed by atoms with Crippen molar-refractivity contribution < 1.29 is 19.1 Å². The van der Waals surface area contributed by atoms with E-state index in [0.29, 0.717) is 19.7 Å². The fourth-order valence-corrected chi connectivity index (χ4v) is 1.74. The van der Waals surface area contributed by atoms with Gasteiger partial charge in [-0.05, 0) is 27.2 Å². The molecule has 1 N–H and O–H groups in total. The smallest absolute Gasteiger partial charge is 0.306 e. The van der Waals surface area contributed by atoms with E-state index in [1.165, 1.54) is 7.11 Å². The molecule has 1 amide bonds. The summed E-state index contributed by atoms with van der Waals surface area (Å²) in [6.45, 7) is 9.43. The summed E-state index contributed by atoms with van der Waals surface area (Å²) in [6.07, 6.45) is 1.11. The number of ether oxygens (including phenoxy) is 2. The van der Waals surface area contributed by atoms with E-state index in [-0.39, 0.29) is 29.9 Å². The Morgan fingerprint density at radius 1 is 1.24 bits per heavy atom. The minimum absolute atomic E-state index is 0.0391. The summed E-state index contributed by atoms with van der Waals surface area (Å²) in [5, 5.41) is 3.03. The highest BCUT2D eigenvalue weighted by atomic mass is 16.5. The van der Waals surface area contributed by atoms with E-state index in [2.05, 4.69) is 10.1 Å². The zero-order valence-electron chi connectivity index (χ0n) is 14.2. The quantitative estimate of drug-likeness (QED) is 0.614. The van der Waals surface area contributed by atoms with Gasteiger partial charge in [-0.25, -0.2) is 0 Å². The van der Waals surface area contributed by atoms with Crippen molar-refractivity contribution in [3.8, 4) is 0 Å². The Morgan fingerprint density at radius 3 is 2.33 bits per heavy atom. The molecule has 1 unspecified atom stereocenters. The topological polar surface area (TPSA) is 67.9 Å². The van der Waals surface area contributed by atoms with Crippen LogP contribution in [0.5, 0.6) is 0 Å². The fourth-order valence-electron chi connectivity index (χ4n) is 1.74. The number of methoxy groups -OCH3 is 2. The normalized spacial score (nSPS) is 13.1. The third-order valence-electron chi connectivity index (χ3n) is 3.69. The molecule has 0 saturated carbocycles. The van der Waals surface area contributed by atoms with E-state index in [1.807, 2.05) is 32.6 Å². The number of carbonyl (C=O) groups excluding carboxylic acids is 2. The molecule has 0 bridgehead atoms. The predicted molar refractivity (Wildman–Crippen MR) is 82.1 cm³/mol. The highest BCUT2D eigenvalue weighted by Crippen LogP contribution is 2.09. The first-order valence-corrected chi connectivity index (χ1v) is 7.39. The maximum absolute atomic E-state index is 12.3. The number of rotatable bonds is 10. The van der Waals surface area contributed by atoms with E-state index in [4.69, 9.17) is 4.74 Å². The van der Waals surface area contributed by atoms with Crippen molar-refractivity contribution in [2.75, 3.05) is 33.9 Å². The summed E-state index contributed by atoms with van der Waals surface area (Å²) in [5.74, 6) is -0.318. The monoisotopic (exact) mass is 302 g/mol. The lowest BCUT2D eigenvalue weighted by Gasteiger charge is -2.32. The van der Waals surface area contributed by atoms with Gasteiger partial charge in [0.25, 0.3) is 0 Å². The molecule has 0 aromatic rings. The minimum Gasteiger partial charge on any atom is -0.469 e. The van der Waals surface area contributed by atoms with Crippen molar-refractivity contribution in [3.63, 3.8) is 0 Å². The first-order valence-electron chi connectivity index (χ1n) is 7.39. The van der Waals surface area contributed by atoms with E-state index >= 15 is 0 Å². The molecule has 0 fully saturated rings. The number of nitrogens with zero attached hydrogens (tertiary/aromatic N) is 1. The van der Waals surface area contributed by atoms with Gasteiger partial charge < -0.3 is 14.8 Å². The molecule has 0 radical (unpaired) electrons. The average Bonchev–Trinajstić information content (AvgIpc) is 2.45. The lowest BCUT2D eigenvalue weighted by atomic mass is 10.0. The van der Waals surface area contributed by atoms with E-state index in [9.17, 15) is 9.59 Å². The predicted octanol–water partition coefficient (Wildman–Crippen LogP) is 1.19. The summed E-state index contributed by atoms with van der Waals surface area (Å²) in [4.78, 5) is 25.5. The molecule has 124 valence electrons. The van der Waals surface area contributed by atoms with Crippen molar-refractivity contribution >= 4 is 11.9 Å². The molecule has 0 aromatic heterocycles. The Hall–Kier alpha value is -1.14. The van der Waals surface area contributed by atoms with Gasteiger partial charge in [0.2, 0.25) is 5.91 Å². The van der Waals surface area contributed by atoms with Crippen LogP contribution >= 0.6 is 0 Å². The Labute approximate surface area is 128 Å². The van der Waals surface area contributed by atoms with E-state index < -0.39 is 0 Å². The van der Waals surface area contributed by atoms with Gasteiger partial charge in [0.15, 0.2) is 0 Å². The molecule has 0 aliphatic carbocycles. The van der Waals surface area contributed by atoms with Crippen molar-refractivity contribution in [1.82, 2.24) is 10.2 Å². The van der Waals surface area contributed by atoms with E-state index in [1.54, 1.807) is 7.11 Å². The number of hydrogen-bond acceptors (Lipinski definition) is 5. The van der Waals surface area contributed by atoms with Crippen LogP contribution in [0.3, 0.4) is 0 Å². The molecule has 0 aliphatic heterocycles. The lowest BCUT2D eigenvalue weighted by Crippen LogP contribution is -2.52. The Kier molecular flexibility index (Phi) is 9.21. The molecule has 0 saturated heterocycles. The standard InChI is InChI=1S/C15H30N2O4/c1-7-15(3,4)16-14(19)12(2)17(10-11-20-5)9-8-13(18)21-6/h12H,7-11H2,1-6H3,(H,16,19). The molecule has 21 heavy (non-hydrogen) atoms. The zero-order valence-corrected chi connectivity index (χ0v) is 14.2. The average molecular weight is 302 g/mol. The highest BCUT2D eigenvalue weighted by Gasteiger charge is 2.26. The molecular weight excluding hydrogens is 272 g/mol. The van der Waals surface area contributed by atoms with Crippen molar-refractivity contribution in [2.45, 2.75) is 52.1 Å². The first kappa shape index (κ1) is 19.9. The highest BCUT2D eigenvalue weighted by molar-refractivity contribution is 5.82. The van der Waals surface area contributed by atoms with Crippen LogP contribution in [0.1, 0.15) is 40.5 Å². The summed E-state index contributed by atoms with van der Waals surface area (Å²) < 4.78 is 9.71. The maximum Gasteiger partial charge on any atom is 0.306 e. The summed E-state index contributed by atoms with van der Waals surface area (Å²) >= 11 is 0. The van der Waals surface area contributed by atoms with Gasteiger partial charge in [-0.3, -0.25) is 14.5 Å². The number of nitrogens with one attached hydrogen (secondary N) is 1. The van der Waals surface area contributed by atoms with Crippen molar-refractivity contribution in [3.05, 3.63) is 0 Å². The summed E-state index contributed by atoms with van der Waals surface area (Å²) in [5.41, 5.74) is -0.235. The molecular formula is C15H30N2O4. The van der Waals surface area contributed by atoms with Gasteiger partial charge in [-0.2, -0.15) is 0 Å². The van der Waals surface area contributed by atoms with Gasteiger partial charge in [0.1, 0.15) is 0 Å². The van der Waals surface area contributed by atoms with Crippen LogP contribution < -0.4 is 5.32 Å². The molecule has 6 heteroatoms. The maximum atomic E-state index is 12.3. The first-order chi connectivity index (χ1) is 9.77. The Balaban J connectivity index is 4.64. The third-order valence-corrected chi connectivity index (χ3v) is 3.69. The van der Waals surface area contributed by atoms with Gasteiger partial charge in [-0.1, -0.05) is 6.92 Å². The van der Waals surface area contributed by atoms with E-state index in [0.717, 1.165) is 6.42 Å². The zero-order chi connectivity index (χ0) is 16.5. The van der Waals surface area contributed by atoms with Gasteiger partial charge in [0, 0.05) is 25.7 Å². The van der Waals surface area contributed by atoms with Crippen LogP contribution in [0, 0.1) is 0 Å². The van der Waals surface area contributed by atoms with Crippen LogP contribution in [-0.4, -0.2) is 62.3 Å². The number of hydrogen-bond donors (Lipinski definition) is 1. The van der Waals surface area contributed by atoms with Gasteiger partial charge in [0.05, 0.1) is 26.2 Å². The number of amides is 1. The minimum atomic E-state index is -0.323. The molecule has 0 heterocycles. The van der Waals surface area contributed by atoms with Gasteiger partial charge >= 0.3 is 5.97 Å². The van der Waals surface area contributed by atoms with Crippen molar-refractivity contribution in [1.29, 1.82) is 0 Å². The third kappa shape index (κ3) is 8.02. The Morgan fingerprint density at radius 2 is 1.86 bits per heavy atom. The second-order valence-corrected chi connectivity index (χ2v) is 5.76. The molecule has 0 aliphatic rings. The number of esters is 1. The van der Waals surface area contributed by atoms with Crippen LogP contribution in [0.2, 0.25) is 0 Å². The summed E-state index contributed by atoms with van der Waals surface area (Å²) in [7, 11) is 2.98. The lowest BCUT2D eigenvalue weighted by molar-refractivity contribution is -0.141. The van der Waals surface area contributed by atoms with Gasteiger partial charge in [-0.15, -0.1) is 0 Å². The SMILES string of the molecule is CCC(C)(C)NC(=O)C(C)N(CCOC)CCC(=O)OC. The number of carbonyl (C=O) groups is 2. The van der Waals surface area contributed by atoms with Crippen LogP contribution in [-0.2, 0) is 19.1 Å². The van der Waals surface area contributed by atoms with Crippen LogP contribution in [0.25, 0.3) is 0 Å². The molecule has 6 nitrogen and oxygen atoms in total. The fraction of sp³-hybridized carbons (Fsp3) is 0.867.